The Labute approximate surface area is 182 Å². The minimum absolute atomic E-state index is 0.109. The van der Waals surface area contributed by atoms with Crippen molar-refractivity contribution in [1.29, 1.82) is 5.26 Å². The average molecular weight is 424 g/mol. The van der Waals surface area contributed by atoms with Crippen LogP contribution in [0.1, 0.15) is 57.5 Å². The number of aromatic nitrogens is 4. The minimum atomic E-state index is -0.514. The van der Waals surface area contributed by atoms with E-state index in [0.717, 1.165) is 24.2 Å². The van der Waals surface area contributed by atoms with Crippen LogP contribution in [0, 0.1) is 11.3 Å². The summed E-state index contributed by atoms with van der Waals surface area (Å²) in [5, 5.41) is 21.4. The number of carbonyl (C=O) groups excluding carboxylic acids is 1. The van der Waals surface area contributed by atoms with Crippen LogP contribution in [-0.4, -0.2) is 66.9 Å². The number of hydrogen-bond acceptors (Lipinski definition) is 7. The molecule has 1 aromatic heterocycles. The Balaban J connectivity index is 1.63. The second kappa shape index (κ2) is 8.27. The molecule has 2 fully saturated rings. The summed E-state index contributed by atoms with van der Waals surface area (Å²) >= 11 is 0. The summed E-state index contributed by atoms with van der Waals surface area (Å²) in [6.07, 6.45) is 2.11. The van der Waals surface area contributed by atoms with Crippen LogP contribution in [0.3, 0.4) is 0 Å². The zero-order valence-electron chi connectivity index (χ0n) is 18.4. The van der Waals surface area contributed by atoms with Gasteiger partial charge in [0.25, 0.3) is 0 Å². The van der Waals surface area contributed by atoms with E-state index in [0.29, 0.717) is 32.6 Å². The second-order valence-corrected chi connectivity index (χ2v) is 9.30. The fourth-order valence-electron chi connectivity index (χ4n) is 4.29. The summed E-state index contributed by atoms with van der Waals surface area (Å²) in [4.78, 5) is 17.0. The van der Waals surface area contributed by atoms with Crippen molar-refractivity contribution in [1.82, 2.24) is 30.0 Å². The first-order chi connectivity index (χ1) is 14.8. The molecule has 2 aromatic rings. The van der Waals surface area contributed by atoms with Crippen molar-refractivity contribution in [2.45, 2.75) is 63.8 Å². The Morgan fingerprint density at radius 2 is 2.00 bits per heavy atom. The van der Waals surface area contributed by atoms with E-state index in [1.807, 2.05) is 43.9 Å². The fraction of sp³-hybridized carbons (Fsp3) is 0.591. The van der Waals surface area contributed by atoms with Crippen LogP contribution in [0.25, 0.3) is 0 Å². The van der Waals surface area contributed by atoms with Gasteiger partial charge in [-0.25, -0.2) is 9.48 Å². The molecule has 1 unspecified atom stereocenters. The molecular formula is C22H29N7O2. The fourth-order valence-corrected chi connectivity index (χ4v) is 4.29. The van der Waals surface area contributed by atoms with Gasteiger partial charge in [-0.15, -0.1) is 5.10 Å². The number of hydrogen-bond donors (Lipinski definition) is 0. The van der Waals surface area contributed by atoms with Crippen molar-refractivity contribution in [2.24, 2.45) is 0 Å². The molecule has 1 aromatic carbocycles. The van der Waals surface area contributed by atoms with Gasteiger partial charge in [0.2, 0.25) is 0 Å². The van der Waals surface area contributed by atoms with E-state index < -0.39 is 5.60 Å². The lowest BCUT2D eigenvalue weighted by Gasteiger charge is -2.45. The molecule has 4 rings (SSSR count). The van der Waals surface area contributed by atoms with Gasteiger partial charge < -0.3 is 9.64 Å². The van der Waals surface area contributed by atoms with Gasteiger partial charge >= 0.3 is 6.09 Å². The summed E-state index contributed by atoms with van der Waals surface area (Å²) < 4.78 is 7.35. The highest BCUT2D eigenvalue weighted by atomic mass is 16.6. The minimum Gasteiger partial charge on any atom is -0.444 e. The van der Waals surface area contributed by atoms with Gasteiger partial charge in [-0.1, -0.05) is 30.3 Å². The van der Waals surface area contributed by atoms with E-state index in [2.05, 4.69) is 38.6 Å². The quantitative estimate of drug-likeness (QED) is 0.729. The van der Waals surface area contributed by atoms with Gasteiger partial charge in [0.15, 0.2) is 5.82 Å². The molecule has 1 atom stereocenters. The predicted molar refractivity (Wildman–Crippen MR) is 113 cm³/mol. The number of nitriles is 1. The van der Waals surface area contributed by atoms with Crippen LogP contribution in [0.4, 0.5) is 4.79 Å². The zero-order valence-corrected chi connectivity index (χ0v) is 18.4. The van der Waals surface area contributed by atoms with Crippen LogP contribution in [0.2, 0.25) is 0 Å². The maximum atomic E-state index is 12.7. The highest BCUT2D eigenvalue weighted by Crippen LogP contribution is 2.49. The Bertz CT molecular complexity index is 956. The number of rotatable bonds is 5. The molecule has 0 bridgehead atoms. The molecule has 1 aliphatic heterocycles. The first kappa shape index (κ1) is 21.2. The first-order valence-electron chi connectivity index (χ1n) is 10.8. The number of tetrazole rings is 1. The van der Waals surface area contributed by atoms with E-state index >= 15 is 0 Å². The van der Waals surface area contributed by atoms with Gasteiger partial charge in [-0.2, -0.15) is 5.26 Å². The number of benzene rings is 1. The summed E-state index contributed by atoms with van der Waals surface area (Å²) in [7, 11) is 0. The maximum Gasteiger partial charge on any atom is 0.410 e. The third kappa shape index (κ3) is 4.54. The number of nitrogens with zero attached hydrogens (tertiary/aromatic N) is 7. The number of carbonyl (C=O) groups is 1. The highest BCUT2D eigenvalue weighted by molar-refractivity contribution is 5.68. The molecule has 2 heterocycles. The lowest BCUT2D eigenvalue weighted by atomic mass is 9.99. The molecule has 1 saturated carbocycles. The summed E-state index contributed by atoms with van der Waals surface area (Å²) in [6.45, 7) is 8.03. The molecule has 31 heavy (non-hydrogen) atoms. The van der Waals surface area contributed by atoms with Gasteiger partial charge in [-0.05, 0) is 49.6 Å². The molecule has 9 nitrogen and oxygen atoms in total. The topological polar surface area (TPSA) is 100 Å². The normalized spacial score (nSPS) is 19.1. The Kier molecular flexibility index (Phi) is 5.67. The molecule has 0 N–H and O–H groups in total. The van der Waals surface area contributed by atoms with Gasteiger partial charge in [0, 0.05) is 25.2 Å². The molecule has 1 aliphatic carbocycles. The lowest BCUT2D eigenvalue weighted by molar-refractivity contribution is -0.00852. The van der Waals surface area contributed by atoms with Crippen LogP contribution in [-0.2, 0) is 11.3 Å². The number of aryl methyl sites for hydroxylation is 1. The molecule has 2 aliphatic rings. The average Bonchev–Trinajstić information content (AvgIpc) is 3.34. The third-order valence-electron chi connectivity index (χ3n) is 5.85. The van der Waals surface area contributed by atoms with E-state index in [1.54, 1.807) is 4.68 Å². The van der Waals surface area contributed by atoms with Crippen molar-refractivity contribution in [3.8, 4) is 6.07 Å². The van der Waals surface area contributed by atoms with E-state index in [4.69, 9.17) is 10.00 Å². The van der Waals surface area contributed by atoms with E-state index in [9.17, 15) is 4.79 Å². The molecule has 0 radical (unpaired) electrons. The first-order valence-corrected chi connectivity index (χ1v) is 10.8. The van der Waals surface area contributed by atoms with Crippen molar-refractivity contribution < 1.29 is 9.53 Å². The molecule has 1 amide bonds. The van der Waals surface area contributed by atoms with Gasteiger partial charge in [0.05, 0.1) is 25.1 Å². The SMILES string of the molecule is CC(C)(C)OC(=O)N1CCN(C(c2ccccc2)c2nnnn2CCC#N)C2(CC2)C1. The molecule has 164 valence electrons. The van der Waals surface area contributed by atoms with Gasteiger partial charge in [-0.3, -0.25) is 4.90 Å². The monoisotopic (exact) mass is 423 g/mol. The number of ether oxygens (including phenoxy) is 1. The Morgan fingerprint density at radius 1 is 1.26 bits per heavy atom. The number of amides is 1. The van der Waals surface area contributed by atoms with E-state index in [-0.39, 0.29) is 17.7 Å². The molecule has 1 spiro atoms. The van der Waals surface area contributed by atoms with Crippen LogP contribution < -0.4 is 0 Å². The summed E-state index contributed by atoms with van der Waals surface area (Å²) in [5.74, 6) is 0.735. The van der Waals surface area contributed by atoms with E-state index in [1.165, 1.54) is 0 Å². The van der Waals surface area contributed by atoms with Crippen molar-refractivity contribution in [2.75, 3.05) is 19.6 Å². The smallest absolute Gasteiger partial charge is 0.410 e. The van der Waals surface area contributed by atoms with Crippen molar-refractivity contribution >= 4 is 6.09 Å². The number of piperazine rings is 1. The largest absolute Gasteiger partial charge is 0.444 e. The van der Waals surface area contributed by atoms with Crippen LogP contribution >= 0.6 is 0 Å². The predicted octanol–water partition coefficient (Wildman–Crippen LogP) is 2.76. The van der Waals surface area contributed by atoms with Crippen molar-refractivity contribution in [3.05, 3.63) is 41.7 Å². The summed E-state index contributed by atoms with van der Waals surface area (Å²) in [5.41, 5.74) is 0.481. The van der Waals surface area contributed by atoms with Crippen molar-refractivity contribution in [3.63, 3.8) is 0 Å². The summed E-state index contributed by atoms with van der Waals surface area (Å²) in [6, 6.07) is 12.2. The third-order valence-corrected chi connectivity index (χ3v) is 5.85. The second-order valence-electron chi connectivity index (χ2n) is 9.30. The lowest BCUT2D eigenvalue weighted by Crippen LogP contribution is -2.58. The Hall–Kier alpha value is -2.99. The molecular weight excluding hydrogens is 394 g/mol. The molecule has 9 heteroatoms. The van der Waals surface area contributed by atoms with Crippen LogP contribution in [0.15, 0.2) is 30.3 Å². The zero-order chi connectivity index (χ0) is 22.1. The van der Waals surface area contributed by atoms with Gasteiger partial charge in [0.1, 0.15) is 5.60 Å². The standard InChI is InChI=1S/C22H29N7O2/c1-21(2,3)31-20(30)27-14-15-28(22(16-27)10-11-22)18(17-8-5-4-6-9-17)19-24-25-26-29(19)13-7-12-23/h4-6,8-9,18H,7,10-11,13-16H2,1-3H3. The van der Waals surface area contributed by atoms with Crippen LogP contribution in [0.5, 0.6) is 0 Å². The Morgan fingerprint density at radius 3 is 2.65 bits per heavy atom. The maximum absolute atomic E-state index is 12.7. The molecule has 1 saturated heterocycles. The highest BCUT2D eigenvalue weighted by Gasteiger charge is 2.55.